The summed E-state index contributed by atoms with van der Waals surface area (Å²) in [6.07, 6.45) is 0.673. The van der Waals surface area contributed by atoms with Gasteiger partial charge >= 0.3 is 5.97 Å². The molecule has 1 heterocycles. The first kappa shape index (κ1) is 15.7. The summed E-state index contributed by atoms with van der Waals surface area (Å²) < 4.78 is 13.7. The van der Waals surface area contributed by atoms with Crippen LogP contribution in [0, 0.1) is 5.82 Å². The Morgan fingerprint density at radius 3 is 2.62 bits per heavy atom. The first-order chi connectivity index (χ1) is 9.90. The topological polar surface area (TPSA) is 66.4 Å². The van der Waals surface area contributed by atoms with E-state index in [4.69, 9.17) is 5.11 Å². The van der Waals surface area contributed by atoms with Gasteiger partial charge in [-0.25, -0.2) is 9.18 Å². The molecule has 1 amide bonds. The summed E-state index contributed by atoms with van der Waals surface area (Å²) in [5, 5.41) is 11.9. The van der Waals surface area contributed by atoms with Crippen molar-refractivity contribution in [1.29, 1.82) is 0 Å². The number of carboxylic acid groups (broad SMARTS) is 1. The van der Waals surface area contributed by atoms with Crippen LogP contribution in [0.2, 0.25) is 0 Å². The highest BCUT2D eigenvalue weighted by Crippen LogP contribution is 2.29. The van der Waals surface area contributed by atoms with Crippen molar-refractivity contribution in [2.24, 2.45) is 0 Å². The summed E-state index contributed by atoms with van der Waals surface area (Å²) >= 11 is 4.31. The lowest BCUT2D eigenvalue weighted by Gasteiger charge is -2.05. The van der Waals surface area contributed by atoms with Gasteiger partial charge in [0.2, 0.25) is 0 Å². The molecule has 0 saturated carbocycles. The zero-order valence-corrected chi connectivity index (χ0v) is 13.3. The van der Waals surface area contributed by atoms with Crippen LogP contribution in [-0.4, -0.2) is 17.0 Å². The van der Waals surface area contributed by atoms with Crippen LogP contribution in [0.1, 0.15) is 32.5 Å². The van der Waals surface area contributed by atoms with Crippen molar-refractivity contribution in [2.45, 2.75) is 13.3 Å². The SMILES string of the molecule is CCc1cc(C(=O)O)c(NC(=O)c2cc(F)cc(Br)c2)s1. The van der Waals surface area contributed by atoms with Crippen molar-refractivity contribution >= 4 is 44.1 Å². The van der Waals surface area contributed by atoms with E-state index in [-0.39, 0.29) is 16.1 Å². The van der Waals surface area contributed by atoms with E-state index < -0.39 is 17.7 Å². The number of anilines is 1. The molecular weight excluding hydrogens is 361 g/mol. The van der Waals surface area contributed by atoms with Crippen molar-refractivity contribution in [3.63, 3.8) is 0 Å². The van der Waals surface area contributed by atoms with Crippen molar-refractivity contribution in [3.8, 4) is 0 Å². The molecule has 0 aliphatic carbocycles. The normalized spacial score (nSPS) is 10.4. The lowest BCUT2D eigenvalue weighted by molar-refractivity contribution is 0.0698. The summed E-state index contributed by atoms with van der Waals surface area (Å²) in [6, 6.07) is 5.33. The highest BCUT2D eigenvalue weighted by atomic mass is 79.9. The number of thiophene rings is 1. The first-order valence-electron chi connectivity index (χ1n) is 6.04. The maximum Gasteiger partial charge on any atom is 0.338 e. The second kappa shape index (κ2) is 6.36. The van der Waals surface area contributed by atoms with Crippen molar-refractivity contribution in [1.82, 2.24) is 0 Å². The third kappa shape index (κ3) is 3.68. The number of hydrogen-bond donors (Lipinski definition) is 2. The number of nitrogens with one attached hydrogen (secondary N) is 1. The van der Waals surface area contributed by atoms with E-state index in [9.17, 15) is 14.0 Å². The van der Waals surface area contributed by atoms with E-state index in [1.165, 1.54) is 29.5 Å². The molecule has 2 aromatic rings. The second-order valence-electron chi connectivity index (χ2n) is 4.23. The van der Waals surface area contributed by atoms with Gasteiger partial charge in [0.25, 0.3) is 5.91 Å². The Morgan fingerprint density at radius 2 is 2.05 bits per heavy atom. The fraction of sp³-hybridized carbons (Fsp3) is 0.143. The van der Waals surface area contributed by atoms with Crippen LogP contribution < -0.4 is 5.32 Å². The second-order valence-corrected chi connectivity index (χ2v) is 6.28. The molecule has 21 heavy (non-hydrogen) atoms. The maximum absolute atomic E-state index is 13.3. The quantitative estimate of drug-likeness (QED) is 0.847. The molecule has 2 rings (SSSR count). The third-order valence-electron chi connectivity index (χ3n) is 2.71. The Labute approximate surface area is 132 Å². The fourth-order valence-corrected chi connectivity index (χ4v) is 3.18. The van der Waals surface area contributed by atoms with E-state index in [1.54, 1.807) is 0 Å². The lowest BCUT2D eigenvalue weighted by Crippen LogP contribution is -2.13. The van der Waals surface area contributed by atoms with Gasteiger partial charge in [0.05, 0.1) is 5.56 Å². The van der Waals surface area contributed by atoms with E-state index in [0.29, 0.717) is 10.9 Å². The Bertz CT molecular complexity index is 694. The third-order valence-corrected chi connectivity index (χ3v) is 4.37. The predicted octanol–water partition coefficient (Wildman–Crippen LogP) is 4.16. The molecule has 0 aliphatic heterocycles. The van der Waals surface area contributed by atoms with Crippen LogP contribution in [0.3, 0.4) is 0 Å². The molecular formula is C14H11BrFNO3S. The van der Waals surface area contributed by atoms with E-state index in [2.05, 4.69) is 21.2 Å². The number of rotatable bonds is 4. The van der Waals surface area contributed by atoms with Gasteiger partial charge in [0, 0.05) is 14.9 Å². The maximum atomic E-state index is 13.3. The van der Waals surface area contributed by atoms with Gasteiger partial charge in [-0.15, -0.1) is 11.3 Å². The summed E-state index contributed by atoms with van der Waals surface area (Å²) in [6.45, 7) is 1.90. The molecule has 0 spiro atoms. The van der Waals surface area contributed by atoms with Crippen molar-refractivity contribution < 1.29 is 19.1 Å². The minimum atomic E-state index is -1.11. The molecule has 0 bridgehead atoms. The molecule has 0 saturated heterocycles. The number of carbonyl (C=O) groups excluding carboxylic acids is 1. The standard InChI is InChI=1S/C14H11BrFNO3S/c1-2-10-6-11(14(19)20)13(21-10)17-12(18)7-3-8(15)5-9(16)4-7/h3-6H,2H2,1H3,(H,17,18)(H,19,20). The summed E-state index contributed by atoms with van der Waals surface area (Å²) in [7, 11) is 0. The Balaban J connectivity index is 2.30. The van der Waals surface area contributed by atoms with Gasteiger partial charge in [0.1, 0.15) is 10.8 Å². The number of benzene rings is 1. The molecule has 110 valence electrons. The lowest BCUT2D eigenvalue weighted by atomic mass is 10.2. The zero-order chi connectivity index (χ0) is 15.6. The van der Waals surface area contributed by atoms with E-state index >= 15 is 0 Å². The molecule has 7 heteroatoms. The summed E-state index contributed by atoms with van der Waals surface area (Å²) in [5.41, 5.74) is 0.158. The zero-order valence-electron chi connectivity index (χ0n) is 10.9. The largest absolute Gasteiger partial charge is 0.478 e. The van der Waals surface area contributed by atoms with Crippen LogP contribution >= 0.6 is 27.3 Å². The molecule has 1 aromatic heterocycles. The average Bonchev–Trinajstić information content (AvgIpc) is 2.80. The number of aryl methyl sites for hydroxylation is 1. The van der Waals surface area contributed by atoms with Crippen LogP contribution in [-0.2, 0) is 6.42 Å². The van der Waals surface area contributed by atoms with Crippen LogP contribution in [0.5, 0.6) is 0 Å². The predicted molar refractivity (Wildman–Crippen MR) is 82.7 cm³/mol. The first-order valence-corrected chi connectivity index (χ1v) is 7.65. The van der Waals surface area contributed by atoms with Crippen LogP contribution in [0.15, 0.2) is 28.7 Å². The van der Waals surface area contributed by atoms with Gasteiger partial charge in [-0.05, 0) is 30.7 Å². The summed E-state index contributed by atoms with van der Waals surface area (Å²) in [4.78, 5) is 24.1. The number of amides is 1. The minimum Gasteiger partial charge on any atom is -0.478 e. The van der Waals surface area contributed by atoms with Crippen molar-refractivity contribution in [2.75, 3.05) is 5.32 Å². The molecule has 0 aliphatic rings. The van der Waals surface area contributed by atoms with E-state index in [1.807, 2.05) is 6.92 Å². The average molecular weight is 372 g/mol. The van der Waals surface area contributed by atoms with Gasteiger partial charge < -0.3 is 10.4 Å². The number of hydrogen-bond acceptors (Lipinski definition) is 3. The monoisotopic (exact) mass is 371 g/mol. The Kier molecular flexibility index (Phi) is 4.74. The summed E-state index contributed by atoms with van der Waals surface area (Å²) in [5.74, 6) is -2.21. The number of carboxylic acids is 1. The van der Waals surface area contributed by atoms with Crippen LogP contribution in [0.4, 0.5) is 9.39 Å². The number of aromatic carboxylic acids is 1. The van der Waals surface area contributed by atoms with Crippen LogP contribution in [0.25, 0.3) is 0 Å². The molecule has 0 atom stereocenters. The van der Waals surface area contributed by atoms with E-state index in [0.717, 1.165) is 10.9 Å². The fourth-order valence-electron chi connectivity index (χ4n) is 1.73. The Morgan fingerprint density at radius 1 is 1.33 bits per heavy atom. The van der Waals surface area contributed by atoms with Gasteiger partial charge in [-0.3, -0.25) is 4.79 Å². The van der Waals surface area contributed by atoms with Gasteiger partial charge in [-0.1, -0.05) is 22.9 Å². The minimum absolute atomic E-state index is 0.0423. The number of carbonyl (C=O) groups is 2. The smallest absolute Gasteiger partial charge is 0.338 e. The van der Waals surface area contributed by atoms with Gasteiger partial charge in [0.15, 0.2) is 0 Å². The highest BCUT2D eigenvalue weighted by molar-refractivity contribution is 9.10. The molecule has 1 aromatic carbocycles. The molecule has 4 nitrogen and oxygen atoms in total. The molecule has 0 radical (unpaired) electrons. The Hall–Kier alpha value is -1.73. The highest BCUT2D eigenvalue weighted by Gasteiger charge is 2.18. The molecule has 0 unspecified atom stereocenters. The van der Waals surface area contributed by atoms with Gasteiger partial charge in [-0.2, -0.15) is 0 Å². The number of halogens is 2. The molecule has 2 N–H and O–H groups in total. The molecule has 0 fully saturated rings. The van der Waals surface area contributed by atoms with Crippen molar-refractivity contribution in [3.05, 3.63) is 50.6 Å².